The minimum atomic E-state index is -0.832. The van der Waals surface area contributed by atoms with Crippen molar-refractivity contribution in [3.05, 3.63) is 34.9 Å². The fourth-order valence-electron chi connectivity index (χ4n) is 1.77. The highest BCUT2D eigenvalue weighted by Gasteiger charge is 2.20. The molecule has 1 aromatic rings. The Hall–Kier alpha value is -0.970. The van der Waals surface area contributed by atoms with E-state index in [2.05, 4.69) is 21.2 Å². The molecule has 0 spiro atoms. The van der Waals surface area contributed by atoms with Crippen molar-refractivity contribution in [2.75, 3.05) is 5.33 Å². The summed E-state index contributed by atoms with van der Waals surface area (Å²) in [5.74, 6) is -1.73. The summed E-state index contributed by atoms with van der Waals surface area (Å²) in [6.07, 6.45) is 0.755. The van der Waals surface area contributed by atoms with Crippen molar-refractivity contribution in [1.82, 2.24) is 5.32 Å². The van der Waals surface area contributed by atoms with E-state index in [0.29, 0.717) is 0 Å². The molecule has 1 aromatic carbocycles. The number of carbonyl (C=O) groups excluding carboxylic acids is 1. The molecule has 1 atom stereocenters. The van der Waals surface area contributed by atoms with Gasteiger partial charge in [-0.1, -0.05) is 29.8 Å². The molecule has 0 saturated heterocycles. The van der Waals surface area contributed by atoms with Crippen molar-refractivity contribution in [3.63, 3.8) is 0 Å². The Morgan fingerprint density at radius 3 is 2.47 bits per heavy atom. The second kappa shape index (κ2) is 6.98. The average Bonchev–Trinajstić information content (AvgIpc) is 2.32. The lowest BCUT2D eigenvalue weighted by atomic mass is 10.0. The third-order valence-electron chi connectivity index (χ3n) is 3.03. The molecule has 0 aliphatic heterocycles. The van der Waals surface area contributed by atoms with Crippen LogP contribution in [0.25, 0.3) is 0 Å². The summed E-state index contributed by atoms with van der Waals surface area (Å²) in [5, 5.41) is 3.54. The number of benzene rings is 1. The molecule has 0 saturated carbocycles. The quantitative estimate of drug-likeness (QED) is 0.815. The van der Waals surface area contributed by atoms with Crippen LogP contribution in [0.3, 0.4) is 0 Å². The van der Waals surface area contributed by atoms with Gasteiger partial charge in [0.25, 0.3) is 5.91 Å². The number of hydrogen-bond donors (Lipinski definition) is 1. The van der Waals surface area contributed by atoms with Crippen LogP contribution in [0.15, 0.2) is 12.1 Å². The molecule has 19 heavy (non-hydrogen) atoms. The molecule has 1 rings (SSSR count). The predicted octanol–water partition coefficient (Wildman–Crippen LogP) is 3.81. The minimum absolute atomic E-state index is 0.0448. The van der Waals surface area contributed by atoms with Gasteiger partial charge in [-0.2, -0.15) is 0 Å². The van der Waals surface area contributed by atoms with Crippen LogP contribution < -0.4 is 5.32 Å². The lowest BCUT2D eigenvalue weighted by Gasteiger charge is -2.21. The van der Waals surface area contributed by atoms with Gasteiger partial charge in [-0.15, -0.1) is 0 Å². The van der Waals surface area contributed by atoms with Crippen LogP contribution in [0.4, 0.5) is 8.78 Å². The molecule has 1 amide bonds. The Bertz CT molecular complexity index is 463. The van der Waals surface area contributed by atoms with E-state index >= 15 is 0 Å². The monoisotopic (exact) mass is 333 g/mol. The molecule has 2 nitrogen and oxygen atoms in total. The van der Waals surface area contributed by atoms with Crippen molar-refractivity contribution in [2.45, 2.75) is 33.2 Å². The second-order valence-corrected chi connectivity index (χ2v) is 5.68. The molecule has 0 aliphatic carbocycles. The van der Waals surface area contributed by atoms with Gasteiger partial charge in [0.15, 0.2) is 0 Å². The highest BCUT2D eigenvalue weighted by Crippen LogP contribution is 2.15. The number of amides is 1. The Kier molecular flexibility index (Phi) is 5.91. The Morgan fingerprint density at radius 1 is 1.32 bits per heavy atom. The van der Waals surface area contributed by atoms with Crippen LogP contribution in [0.1, 0.15) is 36.2 Å². The standard InChI is InChI=1S/C14H18BrF2NO/c1-8(2)13(4-5-15)18-14(19)10-6-9(3)11(16)7-12(10)17/h6-8,13H,4-5H2,1-3H3,(H,18,19). The first-order chi connectivity index (χ1) is 8.86. The van der Waals surface area contributed by atoms with Gasteiger partial charge in [0.1, 0.15) is 11.6 Å². The summed E-state index contributed by atoms with van der Waals surface area (Å²) in [6, 6.07) is 1.95. The molecule has 0 heterocycles. The summed E-state index contributed by atoms with van der Waals surface area (Å²) in [7, 11) is 0. The van der Waals surface area contributed by atoms with Gasteiger partial charge in [0.2, 0.25) is 0 Å². The van der Waals surface area contributed by atoms with Crippen LogP contribution in [-0.2, 0) is 0 Å². The molecule has 1 N–H and O–H groups in total. The molecule has 0 radical (unpaired) electrons. The largest absolute Gasteiger partial charge is 0.349 e. The zero-order valence-electron chi connectivity index (χ0n) is 11.3. The lowest BCUT2D eigenvalue weighted by molar-refractivity contribution is 0.0920. The third kappa shape index (κ3) is 4.27. The Labute approximate surface area is 120 Å². The third-order valence-corrected chi connectivity index (χ3v) is 3.49. The number of alkyl halides is 1. The van der Waals surface area contributed by atoms with Gasteiger partial charge >= 0.3 is 0 Å². The maximum absolute atomic E-state index is 13.6. The summed E-state index contributed by atoms with van der Waals surface area (Å²) in [6.45, 7) is 5.48. The normalized spacial score (nSPS) is 12.6. The topological polar surface area (TPSA) is 29.1 Å². The highest BCUT2D eigenvalue weighted by molar-refractivity contribution is 9.09. The maximum atomic E-state index is 13.6. The number of hydrogen-bond acceptors (Lipinski definition) is 1. The van der Waals surface area contributed by atoms with E-state index in [1.54, 1.807) is 0 Å². The maximum Gasteiger partial charge on any atom is 0.254 e. The number of aryl methyl sites for hydroxylation is 1. The summed E-state index contributed by atoms with van der Waals surface area (Å²) >= 11 is 3.33. The molecule has 1 unspecified atom stereocenters. The van der Waals surface area contributed by atoms with Crippen molar-refractivity contribution < 1.29 is 13.6 Å². The first-order valence-electron chi connectivity index (χ1n) is 6.19. The van der Waals surface area contributed by atoms with Crippen LogP contribution in [0, 0.1) is 24.5 Å². The van der Waals surface area contributed by atoms with Gasteiger partial charge in [0, 0.05) is 17.4 Å². The van der Waals surface area contributed by atoms with E-state index in [4.69, 9.17) is 0 Å². The molecule has 0 aliphatic rings. The fourth-order valence-corrected chi connectivity index (χ4v) is 2.26. The van der Waals surface area contributed by atoms with E-state index in [1.807, 2.05) is 13.8 Å². The zero-order valence-corrected chi connectivity index (χ0v) is 12.9. The van der Waals surface area contributed by atoms with Crippen molar-refractivity contribution in [3.8, 4) is 0 Å². The summed E-state index contributed by atoms with van der Waals surface area (Å²) in [4.78, 5) is 12.0. The first kappa shape index (κ1) is 16.1. The van der Waals surface area contributed by atoms with Crippen LogP contribution >= 0.6 is 15.9 Å². The summed E-state index contributed by atoms with van der Waals surface area (Å²) < 4.78 is 26.8. The lowest BCUT2D eigenvalue weighted by Crippen LogP contribution is -2.39. The molecular weight excluding hydrogens is 316 g/mol. The number of nitrogens with one attached hydrogen (secondary N) is 1. The number of carbonyl (C=O) groups is 1. The Morgan fingerprint density at radius 2 is 1.95 bits per heavy atom. The van der Waals surface area contributed by atoms with E-state index in [1.165, 1.54) is 13.0 Å². The summed E-state index contributed by atoms with van der Waals surface area (Å²) in [5.41, 5.74) is 0.146. The smallest absolute Gasteiger partial charge is 0.254 e. The molecule has 106 valence electrons. The van der Waals surface area contributed by atoms with Gasteiger partial charge < -0.3 is 5.32 Å². The van der Waals surface area contributed by atoms with Crippen LogP contribution in [-0.4, -0.2) is 17.3 Å². The van der Waals surface area contributed by atoms with Crippen molar-refractivity contribution in [2.24, 2.45) is 5.92 Å². The van der Waals surface area contributed by atoms with Gasteiger partial charge in [-0.3, -0.25) is 4.79 Å². The highest BCUT2D eigenvalue weighted by atomic mass is 79.9. The van der Waals surface area contributed by atoms with E-state index < -0.39 is 17.5 Å². The van der Waals surface area contributed by atoms with Crippen molar-refractivity contribution >= 4 is 21.8 Å². The average molecular weight is 334 g/mol. The number of halogens is 3. The SMILES string of the molecule is Cc1cc(C(=O)NC(CCBr)C(C)C)c(F)cc1F. The van der Waals surface area contributed by atoms with Crippen LogP contribution in [0.5, 0.6) is 0 Å². The van der Waals surface area contributed by atoms with E-state index in [0.717, 1.165) is 17.8 Å². The zero-order chi connectivity index (χ0) is 14.6. The van der Waals surface area contributed by atoms with E-state index in [-0.39, 0.29) is 23.1 Å². The van der Waals surface area contributed by atoms with Gasteiger partial charge in [0.05, 0.1) is 5.56 Å². The molecule has 5 heteroatoms. The first-order valence-corrected chi connectivity index (χ1v) is 7.31. The van der Waals surface area contributed by atoms with Gasteiger partial charge in [-0.05, 0) is 30.9 Å². The Balaban J connectivity index is 2.91. The molecule has 0 bridgehead atoms. The predicted molar refractivity (Wildman–Crippen MR) is 75.6 cm³/mol. The van der Waals surface area contributed by atoms with Crippen molar-refractivity contribution in [1.29, 1.82) is 0 Å². The molecule has 0 aromatic heterocycles. The van der Waals surface area contributed by atoms with E-state index in [9.17, 15) is 13.6 Å². The fraction of sp³-hybridized carbons (Fsp3) is 0.500. The van der Waals surface area contributed by atoms with Gasteiger partial charge in [-0.25, -0.2) is 8.78 Å². The minimum Gasteiger partial charge on any atom is -0.349 e. The molecular formula is C14H18BrF2NO. The number of rotatable bonds is 5. The second-order valence-electron chi connectivity index (χ2n) is 4.88. The molecule has 0 fully saturated rings. The van der Waals surface area contributed by atoms with Crippen LogP contribution in [0.2, 0.25) is 0 Å².